The number of benzene rings is 2. The summed E-state index contributed by atoms with van der Waals surface area (Å²) in [6.07, 6.45) is 6.21. The molecule has 1 saturated carbocycles. The summed E-state index contributed by atoms with van der Waals surface area (Å²) in [5.74, 6) is -0.398. The molecule has 2 aromatic carbocycles. The van der Waals surface area contributed by atoms with Gasteiger partial charge in [0.1, 0.15) is 4.90 Å². The minimum atomic E-state index is -3.74. The molecule has 0 aliphatic heterocycles. The number of carbonyl (C=O) groups excluding carboxylic acids is 1. The Morgan fingerprint density at radius 3 is 2.24 bits per heavy atom. The number of anilines is 2. The fourth-order valence-corrected chi connectivity index (χ4v) is 4.77. The highest BCUT2D eigenvalue weighted by Crippen LogP contribution is 2.26. The predicted octanol–water partition coefficient (Wildman–Crippen LogP) is 4.59. The van der Waals surface area contributed by atoms with Crippen molar-refractivity contribution in [1.82, 2.24) is 4.31 Å². The first-order valence-corrected chi connectivity index (χ1v) is 11.5. The molecule has 6 nitrogen and oxygen atoms in total. The molecule has 3 rings (SSSR count). The molecule has 8 heteroatoms. The molecule has 1 fully saturated rings. The van der Waals surface area contributed by atoms with Gasteiger partial charge >= 0.3 is 0 Å². The summed E-state index contributed by atoms with van der Waals surface area (Å²) >= 11 is 6.04. The molecule has 0 spiro atoms. The second-order valence-corrected chi connectivity index (χ2v) is 9.97. The highest BCUT2D eigenvalue weighted by atomic mass is 35.5. The van der Waals surface area contributed by atoms with Crippen LogP contribution in [0.4, 0.5) is 11.4 Å². The van der Waals surface area contributed by atoms with Gasteiger partial charge in [-0.05, 0) is 55.3 Å². The number of carbonyl (C=O) groups is 1. The normalized spacial score (nSPS) is 15.3. The third-order valence-corrected chi connectivity index (χ3v) is 7.37. The Labute approximate surface area is 177 Å². The Hall–Kier alpha value is -2.09. The maximum Gasteiger partial charge on any atom is 0.255 e. The monoisotopic (exact) mass is 435 g/mol. The Balaban J connectivity index is 1.70. The van der Waals surface area contributed by atoms with Crippen molar-refractivity contribution in [1.29, 1.82) is 0 Å². The Morgan fingerprint density at radius 2 is 1.62 bits per heavy atom. The Bertz CT molecular complexity index is 969. The first-order valence-electron chi connectivity index (χ1n) is 9.67. The highest BCUT2D eigenvalue weighted by Gasteiger charge is 2.22. The van der Waals surface area contributed by atoms with Gasteiger partial charge in [0, 0.05) is 37.1 Å². The van der Waals surface area contributed by atoms with E-state index in [-0.39, 0.29) is 15.5 Å². The number of sulfonamides is 1. The fraction of sp³-hybridized carbons (Fsp3) is 0.381. The first kappa shape index (κ1) is 21.6. The quantitative estimate of drug-likeness (QED) is 0.695. The summed E-state index contributed by atoms with van der Waals surface area (Å²) in [6.45, 7) is 0. The minimum absolute atomic E-state index is 0.0772. The molecule has 29 heavy (non-hydrogen) atoms. The van der Waals surface area contributed by atoms with E-state index >= 15 is 0 Å². The molecular weight excluding hydrogens is 410 g/mol. The van der Waals surface area contributed by atoms with E-state index in [1.165, 1.54) is 64.4 Å². The average molecular weight is 436 g/mol. The lowest BCUT2D eigenvalue weighted by molar-refractivity contribution is 0.102. The number of nitrogens with one attached hydrogen (secondary N) is 2. The van der Waals surface area contributed by atoms with Crippen LogP contribution in [-0.4, -0.2) is 38.8 Å². The van der Waals surface area contributed by atoms with Crippen LogP contribution in [0.1, 0.15) is 42.5 Å². The van der Waals surface area contributed by atoms with E-state index in [9.17, 15) is 13.2 Å². The maximum absolute atomic E-state index is 12.6. The van der Waals surface area contributed by atoms with Crippen LogP contribution in [0.15, 0.2) is 47.4 Å². The van der Waals surface area contributed by atoms with Crippen molar-refractivity contribution < 1.29 is 13.2 Å². The standard InChI is InChI=1S/C21H26ClN3O3S/c1-25(2)29(27,28)20-14-15(8-13-19(20)22)21(26)24-18-11-9-17(10-12-18)23-16-6-4-3-5-7-16/h8-14,16,23H,3-7H2,1-2H3,(H,24,26). The molecule has 0 bridgehead atoms. The van der Waals surface area contributed by atoms with E-state index in [2.05, 4.69) is 10.6 Å². The number of hydrogen-bond donors (Lipinski definition) is 2. The highest BCUT2D eigenvalue weighted by molar-refractivity contribution is 7.89. The van der Waals surface area contributed by atoms with Crippen molar-refractivity contribution in [2.45, 2.75) is 43.0 Å². The van der Waals surface area contributed by atoms with Gasteiger partial charge in [-0.1, -0.05) is 30.9 Å². The van der Waals surface area contributed by atoms with E-state index in [0.717, 1.165) is 9.99 Å². The smallest absolute Gasteiger partial charge is 0.255 e. The van der Waals surface area contributed by atoms with Crippen LogP contribution in [-0.2, 0) is 10.0 Å². The van der Waals surface area contributed by atoms with Gasteiger partial charge in [-0.3, -0.25) is 4.79 Å². The van der Waals surface area contributed by atoms with Crippen LogP contribution in [0.25, 0.3) is 0 Å². The van der Waals surface area contributed by atoms with Crippen LogP contribution in [0.2, 0.25) is 5.02 Å². The second-order valence-electron chi connectivity index (χ2n) is 7.44. The van der Waals surface area contributed by atoms with Crippen molar-refractivity contribution >= 4 is 38.9 Å². The molecule has 2 N–H and O–H groups in total. The average Bonchev–Trinajstić information content (AvgIpc) is 2.70. The summed E-state index contributed by atoms with van der Waals surface area (Å²) < 4.78 is 25.8. The van der Waals surface area contributed by atoms with Crippen LogP contribution < -0.4 is 10.6 Å². The van der Waals surface area contributed by atoms with Gasteiger partial charge in [-0.25, -0.2) is 12.7 Å². The van der Waals surface area contributed by atoms with Crippen molar-refractivity contribution in [2.24, 2.45) is 0 Å². The SMILES string of the molecule is CN(C)S(=O)(=O)c1cc(C(=O)Nc2ccc(NC3CCCCC3)cc2)ccc1Cl. The molecule has 0 unspecified atom stereocenters. The lowest BCUT2D eigenvalue weighted by Gasteiger charge is -2.23. The van der Waals surface area contributed by atoms with Crippen molar-refractivity contribution in [2.75, 3.05) is 24.7 Å². The van der Waals surface area contributed by atoms with Gasteiger partial charge < -0.3 is 10.6 Å². The maximum atomic E-state index is 12.6. The van der Waals surface area contributed by atoms with E-state index in [4.69, 9.17) is 11.6 Å². The topological polar surface area (TPSA) is 78.5 Å². The summed E-state index contributed by atoms with van der Waals surface area (Å²) in [5, 5.41) is 6.41. The third-order valence-electron chi connectivity index (χ3n) is 5.07. The number of amides is 1. The van der Waals surface area contributed by atoms with Crippen LogP contribution in [0.3, 0.4) is 0 Å². The number of hydrogen-bond acceptors (Lipinski definition) is 4. The van der Waals surface area contributed by atoms with Crippen LogP contribution >= 0.6 is 11.6 Å². The zero-order valence-corrected chi connectivity index (χ0v) is 18.2. The molecule has 0 atom stereocenters. The zero-order valence-electron chi connectivity index (χ0n) is 16.6. The molecule has 0 saturated heterocycles. The largest absolute Gasteiger partial charge is 0.382 e. The molecule has 0 aromatic heterocycles. The summed E-state index contributed by atoms with van der Waals surface area (Å²) in [5.41, 5.74) is 1.89. The molecule has 1 aliphatic carbocycles. The van der Waals surface area contributed by atoms with Crippen molar-refractivity contribution in [3.05, 3.63) is 53.1 Å². The van der Waals surface area contributed by atoms with Gasteiger partial charge in [0.25, 0.3) is 5.91 Å². The summed E-state index contributed by atoms with van der Waals surface area (Å²) in [7, 11) is -0.907. The van der Waals surface area contributed by atoms with E-state index in [1.54, 1.807) is 0 Å². The second kappa shape index (κ2) is 9.15. The lowest BCUT2D eigenvalue weighted by Crippen LogP contribution is -2.23. The predicted molar refractivity (Wildman–Crippen MR) is 117 cm³/mol. The Morgan fingerprint density at radius 1 is 1.00 bits per heavy atom. The van der Waals surface area contributed by atoms with E-state index in [0.29, 0.717) is 11.7 Å². The lowest BCUT2D eigenvalue weighted by atomic mass is 9.95. The van der Waals surface area contributed by atoms with E-state index < -0.39 is 15.9 Å². The number of nitrogens with zero attached hydrogens (tertiary/aromatic N) is 1. The van der Waals surface area contributed by atoms with Gasteiger partial charge in [0.15, 0.2) is 0 Å². The van der Waals surface area contributed by atoms with Gasteiger partial charge in [0.2, 0.25) is 10.0 Å². The molecule has 2 aromatic rings. The van der Waals surface area contributed by atoms with Crippen LogP contribution in [0, 0.1) is 0 Å². The molecule has 0 radical (unpaired) electrons. The van der Waals surface area contributed by atoms with Gasteiger partial charge in [-0.15, -0.1) is 0 Å². The number of rotatable bonds is 6. The molecule has 1 aliphatic rings. The third kappa shape index (κ3) is 5.29. The van der Waals surface area contributed by atoms with Gasteiger partial charge in [0.05, 0.1) is 5.02 Å². The van der Waals surface area contributed by atoms with E-state index in [1.807, 2.05) is 24.3 Å². The minimum Gasteiger partial charge on any atom is -0.382 e. The molecule has 0 heterocycles. The fourth-order valence-electron chi connectivity index (χ4n) is 3.37. The van der Waals surface area contributed by atoms with Crippen molar-refractivity contribution in [3.8, 4) is 0 Å². The van der Waals surface area contributed by atoms with Crippen molar-refractivity contribution in [3.63, 3.8) is 0 Å². The van der Waals surface area contributed by atoms with Gasteiger partial charge in [-0.2, -0.15) is 0 Å². The van der Waals surface area contributed by atoms with Crippen LogP contribution in [0.5, 0.6) is 0 Å². The number of halogens is 1. The first-order chi connectivity index (χ1) is 13.8. The zero-order chi connectivity index (χ0) is 21.0. The summed E-state index contributed by atoms with van der Waals surface area (Å²) in [4.78, 5) is 12.5. The molecule has 156 valence electrons. The molecule has 1 amide bonds. The Kier molecular flexibility index (Phi) is 6.82. The summed E-state index contributed by atoms with van der Waals surface area (Å²) in [6, 6.07) is 12.3. The molecular formula is C21H26ClN3O3S.